The molecule has 0 saturated carbocycles. The molecule has 31 heavy (non-hydrogen) atoms. The van der Waals surface area contributed by atoms with Crippen molar-refractivity contribution in [3.05, 3.63) is 77.8 Å². The summed E-state index contributed by atoms with van der Waals surface area (Å²) in [7, 11) is 0. The fourth-order valence-corrected chi connectivity index (χ4v) is 3.87. The average molecular weight is 425 g/mol. The summed E-state index contributed by atoms with van der Waals surface area (Å²) in [6, 6.07) is 13.0. The molecule has 162 valence electrons. The normalized spacial score (nSPS) is 15.4. The van der Waals surface area contributed by atoms with Crippen LogP contribution in [0.5, 0.6) is 0 Å². The zero-order valence-electron chi connectivity index (χ0n) is 17.1. The molecule has 0 spiro atoms. The molecule has 3 N–H and O–H groups in total. The molecule has 2 amide bonds. The monoisotopic (exact) mass is 425 g/mol. The van der Waals surface area contributed by atoms with Crippen LogP contribution < -0.4 is 11.1 Å². The van der Waals surface area contributed by atoms with Crippen LogP contribution in [-0.4, -0.2) is 39.6 Å². The molecule has 0 saturated heterocycles. The van der Waals surface area contributed by atoms with E-state index in [9.17, 15) is 13.6 Å². The van der Waals surface area contributed by atoms with E-state index in [-0.39, 0.29) is 17.6 Å². The van der Waals surface area contributed by atoms with Crippen molar-refractivity contribution in [3.63, 3.8) is 0 Å². The number of carbonyl (C=O) groups excluding carboxylic acids is 1. The number of nitrogens with zero attached hydrogens (tertiary/aromatic N) is 3. The number of amides is 2. The summed E-state index contributed by atoms with van der Waals surface area (Å²) in [6.45, 7) is 1.86. The van der Waals surface area contributed by atoms with Crippen LogP contribution in [0.15, 0.2) is 54.7 Å². The molecule has 1 aliphatic rings. The van der Waals surface area contributed by atoms with Crippen LogP contribution >= 0.6 is 0 Å². The van der Waals surface area contributed by atoms with Crippen molar-refractivity contribution in [2.75, 3.05) is 13.1 Å². The lowest BCUT2D eigenvalue weighted by Gasteiger charge is -2.29. The van der Waals surface area contributed by atoms with Crippen molar-refractivity contribution in [3.8, 4) is 11.3 Å². The van der Waals surface area contributed by atoms with E-state index in [2.05, 4.69) is 10.3 Å². The van der Waals surface area contributed by atoms with E-state index in [0.29, 0.717) is 38.3 Å². The second kappa shape index (κ2) is 9.26. The third kappa shape index (κ3) is 4.91. The zero-order valence-corrected chi connectivity index (χ0v) is 17.1. The molecule has 0 fully saturated rings. The zero-order chi connectivity index (χ0) is 21.8. The number of hydrogen-bond acceptors (Lipinski definition) is 3. The lowest BCUT2D eigenvalue weighted by Crippen LogP contribution is -2.48. The van der Waals surface area contributed by atoms with Gasteiger partial charge in [0.15, 0.2) is 0 Å². The van der Waals surface area contributed by atoms with Crippen LogP contribution in [0.3, 0.4) is 0 Å². The molecule has 1 unspecified atom stereocenters. The molecule has 6 nitrogen and oxygen atoms in total. The highest BCUT2D eigenvalue weighted by Crippen LogP contribution is 2.25. The first kappa shape index (κ1) is 21.0. The average Bonchev–Trinajstić information content (AvgIpc) is 3.17. The first-order valence-electron chi connectivity index (χ1n) is 10.3. The van der Waals surface area contributed by atoms with E-state index in [0.717, 1.165) is 23.9 Å². The predicted octanol–water partition coefficient (Wildman–Crippen LogP) is 3.31. The smallest absolute Gasteiger partial charge is 0.318 e. The van der Waals surface area contributed by atoms with Gasteiger partial charge in [-0.25, -0.2) is 18.6 Å². The highest BCUT2D eigenvalue weighted by molar-refractivity contribution is 5.74. The Hall–Kier alpha value is -3.26. The van der Waals surface area contributed by atoms with Crippen molar-refractivity contribution in [2.45, 2.75) is 32.0 Å². The SMILES string of the molecule is NCCN(Cc1ccccc1)C(=O)NC1CCc2nc(-c3ccc(F)cc3F)cn2C1. The highest BCUT2D eigenvalue weighted by atomic mass is 19.1. The Balaban J connectivity index is 1.43. The van der Waals surface area contributed by atoms with E-state index in [1.807, 2.05) is 34.9 Å². The van der Waals surface area contributed by atoms with Gasteiger partial charge in [-0.2, -0.15) is 0 Å². The lowest BCUT2D eigenvalue weighted by molar-refractivity contribution is 0.189. The maximum Gasteiger partial charge on any atom is 0.318 e. The minimum absolute atomic E-state index is 0.0730. The van der Waals surface area contributed by atoms with Crippen LogP contribution in [0.4, 0.5) is 13.6 Å². The van der Waals surface area contributed by atoms with Gasteiger partial charge in [0.2, 0.25) is 0 Å². The summed E-state index contributed by atoms with van der Waals surface area (Å²) in [4.78, 5) is 19.1. The molecule has 1 aromatic heterocycles. The molecular formula is C23H25F2N5O. The van der Waals surface area contributed by atoms with Gasteiger partial charge in [0.05, 0.1) is 5.69 Å². The van der Waals surface area contributed by atoms with Crippen LogP contribution in [0.1, 0.15) is 17.8 Å². The van der Waals surface area contributed by atoms with Crippen molar-refractivity contribution in [2.24, 2.45) is 5.73 Å². The first-order valence-corrected chi connectivity index (χ1v) is 10.3. The predicted molar refractivity (Wildman–Crippen MR) is 114 cm³/mol. The summed E-state index contributed by atoms with van der Waals surface area (Å²) in [5.74, 6) is -0.434. The number of nitrogens with one attached hydrogen (secondary N) is 1. The van der Waals surface area contributed by atoms with Crippen LogP contribution in [0.25, 0.3) is 11.3 Å². The van der Waals surface area contributed by atoms with Gasteiger partial charge in [0, 0.05) is 56.5 Å². The first-order chi connectivity index (χ1) is 15.0. The largest absolute Gasteiger partial charge is 0.333 e. The number of nitrogens with two attached hydrogens (primary N) is 1. The lowest BCUT2D eigenvalue weighted by atomic mass is 10.1. The second-order valence-electron chi connectivity index (χ2n) is 7.70. The van der Waals surface area contributed by atoms with E-state index >= 15 is 0 Å². The molecule has 0 radical (unpaired) electrons. The van der Waals surface area contributed by atoms with Crippen LogP contribution in [0, 0.1) is 11.6 Å². The van der Waals surface area contributed by atoms with E-state index in [1.165, 1.54) is 12.1 Å². The number of halogens is 2. The molecular weight excluding hydrogens is 400 g/mol. The number of urea groups is 1. The Morgan fingerprint density at radius 3 is 2.77 bits per heavy atom. The topological polar surface area (TPSA) is 76.2 Å². The Labute approximate surface area is 179 Å². The molecule has 3 aromatic rings. The fraction of sp³-hybridized carbons (Fsp3) is 0.304. The van der Waals surface area contributed by atoms with E-state index in [4.69, 9.17) is 5.73 Å². The quantitative estimate of drug-likeness (QED) is 0.636. The number of hydrogen-bond donors (Lipinski definition) is 2. The Bertz CT molecular complexity index is 1050. The Morgan fingerprint density at radius 1 is 1.23 bits per heavy atom. The number of rotatable bonds is 6. The Kier molecular flexibility index (Phi) is 6.27. The van der Waals surface area contributed by atoms with Crippen LogP contribution in [-0.2, 0) is 19.5 Å². The molecule has 0 bridgehead atoms. The van der Waals surface area contributed by atoms with Crippen molar-refractivity contribution < 1.29 is 13.6 Å². The van der Waals surface area contributed by atoms with Gasteiger partial charge in [-0.15, -0.1) is 0 Å². The number of fused-ring (bicyclic) bond motifs is 1. The highest BCUT2D eigenvalue weighted by Gasteiger charge is 2.24. The molecule has 2 heterocycles. The number of benzene rings is 2. The van der Waals surface area contributed by atoms with E-state index < -0.39 is 11.6 Å². The maximum atomic E-state index is 14.1. The second-order valence-corrected chi connectivity index (χ2v) is 7.70. The molecule has 4 rings (SSSR count). The van der Waals surface area contributed by atoms with Gasteiger partial charge in [0.25, 0.3) is 0 Å². The van der Waals surface area contributed by atoms with Crippen molar-refractivity contribution in [1.29, 1.82) is 0 Å². The standard InChI is InChI=1S/C23H25F2N5O/c24-17-6-8-19(20(25)12-17)21-15-30-14-18(7-9-22(30)28-21)27-23(31)29(11-10-26)13-16-4-2-1-3-5-16/h1-6,8,12,15,18H,7,9-11,13-14,26H2,(H,27,31). The van der Waals surface area contributed by atoms with Gasteiger partial charge >= 0.3 is 6.03 Å². The van der Waals surface area contributed by atoms with Gasteiger partial charge < -0.3 is 20.5 Å². The molecule has 1 aliphatic heterocycles. The third-order valence-corrected chi connectivity index (χ3v) is 5.43. The fourth-order valence-electron chi connectivity index (χ4n) is 3.87. The van der Waals surface area contributed by atoms with Gasteiger partial charge in [-0.3, -0.25) is 0 Å². The van der Waals surface area contributed by atoms with Gasteiger partial charge in [-0.05, 0) is 24.1 Å². The number of aryl methyl sites for hydroxylation is 1. The summed E-state index contributed by atoms with van der Waals surface area (Å²) >= 11 is 0. The molecule has 8 heteroatoms. The maximum absolute atomic E-state index is 14.1. The van der Waals surface area contributed by atoms with Gasteiger partial charge in [-0.1, -0.05) is 30.3 Å². The minimum atomic E-state index is -0.640. The summed E-state index contributed by atoms with van der Waals surface area (Å²) in [6.07, 6.45) is 3.14. The number of imidazole rings is 1. The molecule has 2 aromatic carbocycles. The van der Waals surface area contributed by atoms with Crippen LogP contribution in [0.2, 0.25) is 0 Å². The number of aromatic nitrogens is 2. The van der Waals surface area contributed by atoms with Crippen molar-refractivity contribution in [1.82, 2.24) is 19.8 Å². The van der Waals surface area contributed by atoms with Gasteiger partial charge in [0.1, 0.15) is 17.5 Å². The number of carbonyl (C=O) groups is 1. The summed E-state index contributed by atoms with van der Waals surface area (Å²) in [5, 5.41) is 3.09. The minimum Gasteiger partial charge on any atom is -0.333 e. The molecule has 1 atom stereocenters. The third-order valence-electron chi connectivity index (χ3n) is 5.43. The van der Waals surface area contributed by atoms with E-state index in [1.54, 1.807) is 11.1 Å². The Morgan fingerprint density at radius 2 is 2.03 bits per heavy atom. The summed E-state index contributed by atoms with van der Waals surface area (Å²) in [5.41, 5.74) is 7.48. The molecule has 0 aliphatic carbocycles. The van der Waals surface area contributed by atoms with Crippen molar-refractivity contribution >= 4 is 6.03 Å². The summed E-state index contributed by atoms with van der Waals surface area (Å²) < 4.78 is 29.3.